The predicted octanol–water partition coefficient (Wildman–Crippen LogP) is 5.49. The van der Waals surface area contributed by atoms with Gasteiger partial charge in [-0.25, -0.2) is 4.79 Å². The molecule has 1 aromatic carbocycles. The summed E-state index contributed by atoms with van der Waals surface area (Å²) in [4.78, 5) is 13.5. The Hall–Kier alpha value is -1.17. The van der Waals surface area contributed by atoms with Crippen LogP contribution < -0.4 is 0 Å². The number of carbonyl (C=O) groups excluding carboxylic acids is 1. The third kappa shape index (κ3) is 2.41. The van der Waals surface area contributed by atoms with Crippen molar-refractivity contribution < 1.29 is 9.53 Å². The van der Waals surface area contributed by atoms with E-state index in [-0.39, 0.29) is 5.97 Å². The SMILES string of the molecule is COC(=O)c1cc2ccc(-c3sc(Br)cc3C)cc2s1. The average Bonchev–Trinajstić information content (AvgIpc) is 2.99. The molecule has 2 aromatic heterocycles. The van der Waals surface area contributed by atoms with E-state index in [1.807, 2.05) is 6.07 Å². The fourth-order valence-electron chi connectivity index (χ4n) is 2.10. The van der Waals surface area contributed by atoms with Gasteiger partial charge in [-0.2, -0.15) is 0 Å². The van der Waals surface area contributed by atoms with Crippen molar-refractivity contribution in [2.24, 2.45) is 0 Å². The maximum atomic E-state index is 11.6. The first-order chi connectivity index (χ1) is 9.58. The number of esters is 1. The Morgan fingerprint density at radius 2 is 2.00 bits per heavy atom. The molecule has 102 valence electrons. The summed E-state index contributed by atoms with van der Waals surface area (Å²) in [5.41, 5.74) is 2.44. The van der Waals surface area contributed by atoms with Gasteiger partial charge in [-0.3, -0.25) is 0 Å². The van der Waals surface area contributed by atoms with Crippen LogP contribution in [0.15, 0.2) is 34.1 Å². The minimum absolute atomic E-state index is 0.275. The largest absolute Gasteiger partial charge is 0.465 e. The molecule has 0 N–H and O–H groups in total. The Bertz CT molecular complexity index is 801. The molecular formula is C15H11BrO2S2. The molecule has 2 heterocycles. The number of thiophene rings is 2. The van der Waals surface area contributed by atoms with Crippen LogP contribution in [0.3, 0.4) is 0 Å². The molecule has 3 aromatic rings. The van der Waals surface area contributed by atoms with Gasteiger partial charge in [0.15, 0.2) is 0 Å². The van der Waals surface area contributed by atoms with Gasteiger partial charge in [0.1, 0.15) is 4.88 Å². The highest BCUT2D eigenvalue weighted by Crippen LogP contribution is 2.37. The van der Waals surface area contributed by atoms with Crippen molar-refractivity contribution in [1.82, 2.24) is 0 Å². The second-order valence-electron chi connectivity index (χ2n) is 4.42. The highest BCUT2D eigenvalue weighted by atomic mass is 79.9. The molecular weight excluding hydrogens is 356 g/mol. The number of hydrogen-bond acceptors (Lipinski definition) is 4. The molecule has 2 nitrogen and oxygen atoms in total. The molecule has 0 saturated carbocycles. The van der Waals surface area contributed by atoms with Crippen LogP contribution in [0.2, 0.25) is 0 Å². The number of ether oxygens (including phenoxy) is 1. The minimum Gasteiger partial charge on any atom is -0.465 e. The predicted molar refractivity (Wildman–Crippen MR) is 88.9 cm³/mol. The second-order valence-corrected chi connectivity index (χ2v) is 7.93. The summed E-state index contributed by atoms with van der Waals surface area (Å²) in [5, 5.41) is 1.08. The van der Waals surface area contributed by atoms with Crippen LogP contribution >= 0.6 is 38.6 Å². The van der Waals surface area contributed by atoms with Crippen molar-refractivity contribution in [3.8, 4) is 10.4 Å². The van der Waals surface area contributed by atoms with Gasteiger partial charge in [0.2, 0.25) is 0 Å². The normalized spacial score (nSPS) is 10.9. The first-order valence-corrected chi connectivity index (χ1v) is 8.39. The van der Waals surface area contributed by atoms with E-state index in [0.717, 1.165) is 13.9 Å². The molecule has 0 aliphatic carbocycles. The molecule has 3 rings (SSSR count). The van der Waals surface area contributed by atoms with E-state index in [0.29, 0.717) is 4.88 Å². The summed E-state index contributed by atoms with van der Waals surface area (Å²) in [5.74, 6) is -0.275. The van der Waals surface area contributed by atoms with Crippen LogP contribution in [0.1, 0.15) is 15.2 Å². The van der Waals surface area contributed by atoms with Crippen LogP contribution in [-0.4, -0.2) is 13.1 Å². The minimum atomic E-state index is -0.275. The highest BCUT2D eigenvalue weighted by molar-refractivity contribution is 9.11. The van der Waals surface area contributed by atoms with Gasteiger partial charge in [0.25, 0.3) is 0 Å². The van der Waals surface area contributed by atoms with Crippen molar-refractivity contribution in [3.63, 3.8) is 0 Å². The molecule has 0 fully saturated rings. The maximum Gasteiger partial charge on any atom is 0.348 e. The number of carbonyl (C=O) groups is 1. The number of methoxy groups -OCH3 is 1. The van der Waals surface area contributed by atoms with Crippen LogP contribution in [-0.2, 0) is 4.74 Å². The van der Waals surface area contributed by atoms with Gasteiger partial charge in [-0.1, -0.05) is 12.1 Å². The topological polar surface area (TPSA) is 26.3 Å². The van der Waals surface area contributed by atoms with Gasteiger partial charge in [-0.15, -0.1) is 22.7 Å². The molecule has 0 saturated heterocycles. The molecule has 0 bridgehead atoms. The summed E-state index contributed by atoms with van der Waals surface area (Å²) in [6.07, 6.45) is 0. The lowest BCUT2D eigenvalue weighted by Gasteiger charge is -1.99. The molecule has 0 aliphatic heterocycles. The first kappa shape index (κ1) is 13.8. The van der Waals surface area contributed by atoms with E-state index in [2.05, 4.69) is 47.1 Å². The molecule has 20 heavy (non-hydrogen) atoms. The van der Waals surface area contributed by atoms with Crippen LogP contribution in [0.25, 0.3) is 20.5 Å². The molecule has 0 aliphatic rings. The number of fused-ring (bicyclic) bond motifs is 1. The van der Waals surface area contributed by atoms with Crippen molar-refractivity contribution in [2.75, 3.05) is 7.11 Å². The van der Waals surface area contributed by atoms with E-state index >= 15 is 0 Å². The molecule has 5 heteroatoms. The zero-order valence-electron chi connectivity index (χ0n) is 10.9. The summed E-state index contributed by atoms with van der Waals surface area (Å²) in [6.45, 7) is 2.11. The average molecular weight is 367 g/mol. The van der Waals surface area contributed by atoms with Crippen molar-refractivity contribution in [1.29, 1.82) is 0 Å². The van der Waals surface area contributed by atoms with Gasteiger partial charge < -0.3 is 4.74 Å². The van der Waals surface area contributed by atoms with Crippen LogP contribution in [0.5, 0.6) is 0 Å². The number of halogens is 1. The fraction of sp³-hybridized carbons (Fsp3) is 0.133. The van der Waals surface area contributed by atoms with E-state index in [9.17, 15) is 4.79 Å². The summed E-state index contributed by atoms with van der Waals surface area (Å²) in [7, 11) is 1.41. The van der Waals surface area contributed by atoms with Gasteiger partial charge >= 0.3 is 5.97 Å². The second kappa shape index (κ2) is 5.31. The molecule has 0 amide bonds. The van der Waals surface area contributed by atoms with E-state index in [1.54, 1.807) is 11.3 Å². The fourth-order valence-corrected chi connectivity index (χ4v) is 4.85. The standard InChI is InChI=1S/C15H11BrO2S2/c1-8-5-13(16)20-14(8)10-4-3-9-6-12(15(17)18-2)19-11(9)7-10/h3-7H,1-2H3. The molecule has 0 spiro atoms. The van der Waals surface area contributed by atoms with Crippen LogP contribution in [0, 0.1) is 6.92 Å². The number of rotatable bonds is 2. The van der Waals surface area contributed by atoms with Gasteiger partial charge in [0.05, 0.1) is 10.9 Å². The van der Waals surface area contributed by atoms with E-state index < -0.39 is 0 Å². The van der Waals surface area contributed by atoms with Gasteiger partial charge in [0, 0.05) is 9.58 Å². The Kier molecular flexibility index (Phi) is 3.67. The van der Waals surface area contributed by atoms with Crippen molar-refractivity contribution in [2.45, 2.75) is 6.92 Å². The van der Waals surface area contributed by atoms with Crippen LogP contribution in [0.4, 0.5) is 0 Å². The Morgan fingerprint density at radius 3 is 2.65 bits per heavy atom. The zero-order chi connectivity index (χ0) is 14.3. The summed E-state index contributed by atoms with van der Waals surface area (Å²) in [6, 6.07) is 10.3. The third-order valence-corrected chi connectivity index (χ3v) is 5.92. The Balaban J connectivity index is 2.11. The molecule has 0 atom stereocenters. The number of benzene rings is 1. The molecule has 0 unspecified atom stereocenters. The lowest BCUT2D eigenvalue weighted by atomic mass is 10.1. The highest BCUT2D eigenvalue weighted by Gasteiger charge is 2.12. The summed E-state index contributed by atoms with van der Waals surface area (Å²) < 4.78 is 7.01. The van der Waals surface area contributed by atoms with Gasteiger partial charge in [-0.05, 0) is 57.6 Å². The third-order valence-electron chi connectivity index (χ3n) is 3.06. The summed E-state index contributed by atoms with van der Waals surface area (Å²) >= 11 is 6.72. The lowest BCUT2D eigenvalue weighted by Crippen LogP contribution is -1.96. The first-order valence-electron chi connectivity index (χ1n) is 5.96. The smallest absolute Gasteiger partial charge is 0.348 e. The Labute approximate surface area is 133 Å². The lowest BCUT2D eigenvalue weighted by molar-refractivity contribution is 0.0606. The maximum absolute atomic E-state index is 11.6. The van der Waals surface area contributed by atoms with E-state index in [1.165, 1.54) is 34.5 Å². The quantitative estimate of drug-likeness (QED) is 0.560. The zero-order valence-corrected chi connectivity index (χ0v) is 14.1. The monoisotopic (exact) mass is 366 g/mol. The number of aryl methyl sites for hydroxylation is 1. The van der Waals surface area contributed by atoms with E-state index in [4.69, 9.17) is 4.74 Å². The molecule has 0 radical (unpaired) electrons. The Morgan fingerprint density at radius 1 is 1.20 bits per heavy atom. The van der Waals surface area contributed by atoms with Crippen molar-refractivity contribution >= 4 is 54.7 Å². The van der Waals surface area contributed by atoms with Crippen molar-refractivity contribution in [3.05, 3.63) is 44.6 Å². The number of hydrogen-bond donors (Lipinski definition) is 0.